The van der Waals surface area contributed by atoms with Crippen molar-refractivity contribution in [3.63, 3.8) is 0 Å². The van der Waals surface area contributed by atoms with Crippen LogP contribution in [-0.4, -0.2) is 18.9 Å². The fourth-order valence-corrected chi connectivity index (χ4v) is 3.03. The van der Waals surface area contributed by atoms with Gasteiger partial charge in [0.1, 0.15) is 5.75 Å². The second-order valence-electron chi connectivity index (χ2n) is 5.77. The van der Waals surface area contributed by atoms with E-state index in [0.717, 1.165) is 22.1 Å². The first-order valence-corrected chi connectivity index (χ1v) is 8.77. The second kappa shape index (κ2) is 8.29. The van der Waals surface area contributed by atoms with Crippen molar-refractivity contribution in [1.29, 1.82) is 0 Å². The molecular weight excluding hydrogens is 387 g/mol. The van der Waals surface area contributed by atoms with Gasteiger partial charge in [-0.2, -0.15) is 0 Å². The number of nitrogens with one attached hydrogen (secondary N) is 1. The molecule has 0 radical (unpaired) electrons. The highest BCUT2D eigenvalue weighted by atomic mass is 35.5. The summed E-state index contributed by atoms with van der Waals surface area (Å²) in [6.45, 7) is 1.76. The zero-order chi connectivity index (χ0) is 19.4. The fraction of sp³-hybridized carbons (Fsp3) is 0.100. The smallest absolute Gasteiger partial charge is 0.437 e. The van der Waals surface area contributed by atoms with Gasteiger partial charge in [-0.05, 0) is 59.7 Å². The molecule has 0 spiro atoms. The monoisotopic (exact) mass is 402 g/mol. The molecule has 27 heavy (non-hydrogen) atoms. The number of halogens is 2. The van der Waals surface area contributed by atoms with E-state index in [1.807, 2.05) is 36.4 Å². The van der Waals surface area contributed by atoms with Crippen LogP contribution in [0.15, 0.2) is 59.8 Å². The van der Waals surface area contributed by atoms with E-state index in [4.69, 9.17) is 32.8 Å². The summed E-state index contributed by atoms with van der Waals surface area (Å²) in [4.78, 5) is 16.8. The molecule has 0 heterocycles. The standard InChI is InChI=1S/C20H16Cl2N2O3/c1-12(13-3-4-15-8-19(26-2)6-5-14(15)7-13)24-27-20(25)23-18-10-16(21)9-17(22)11-18/h3-11H,1-2H3,(H,23,25)/b24-12+. The van der Waals surface area contributed by atoms with E-state index in [1.54, 1.807) is 32.2 Å². The molecule has 1 amide bonds. The molecular formula is C20H16Cl2N2O3. The minimum Gasteiger partial charge on any atom is -0.497 e. The number of fused-ring (bicyclic) bond motifs is 1. The van der Waals surface area contributed by atoms with Gasteiger partial charge in [0.2, 0.25) is 0 Å². The van der Waals surface area contributed by atoms with Crippen LogP contribution in [0.4, 0.5) is 10.5 Å². The summed E-state index contributed by atoms with van der Waals surface area (Å²) in [6.07, 6.45) is -0.738. The summed E-state index contributed by atoms with van der Waals surface area (Å²) in [5.41, 5.74) is 1.82. The summed E-state index contributed by atoms with van der Waals surface area (Å²) >= 11 is 11.8. The maximum atomic E-state index is 11.9. The molecule has 0 aliphatic heterocycles. The van der Waals surface area contributed by atoms with Crippen LogP contribution in [0.3, 0.4) is 0 Å². The third kappa shape index (κ3) is 4.90. The van der Waals surface area contributed by atoms with Gasteiger partial charge < -0.3 is 4.74 Å². The van der Waals surface area contributed by atoms with E-state index in [1.165, 1.54) is 0 Å². The number of methoxy groups -OCH3 is 1. The number of hydrogen-bond donors (Lipinski definition) is 1. The van der Waals surface area contributed by atoms with E-state index in [2.05, 4.69) is 10.5 Å². The summed E-state index contributed by atoms with van der Waals surface area (Å²) in [5, 5.41) is 9.30. The predicted octanol–water partition coefficient (Wildman–Crippen LogP) is 6.13. The number of benzene rings is 3. The van der Waals surface area contributed by atoms with E-state index < -0.39 is 6.09 Å². The van der Waals surface area contributed by atoms with Gasteiger partial charge in [0.15, 0.2) is 0 Å². The average Bonchev–Trinajstić information content (AvgIpc) is 2.64. The maximum absolute atomic E-state index is 11.9. The number of ether oxygens (including phenoxy) is 1. The lowest BCUT2D eigenvalue weighted by molar-refractivity contribution is 0.166. The first-order chi connectivity index (χ1) is 12.9. The maximum Gasteiger partial charge on any atom is 0.437 e. The Morgan fingerprint density at radius 3 is 2.33 bits per heavy atom. The summed E-state index contributed by atoms with van der Waals surface area (Å²) in [5.74, 6) is 0.793. The van der Waals surface area contributed by atoms with E-state index in [0.29, 0.717) is 21.4 Å². The molecule has 0 aliphatic carbocycles. The van der Waals surface area contributed by atoms with Crippen molar-refractivity contribution in [3.05, 3.63) is 70.2 Å². The molecule has 0 unspecified atom stereocenters. The highest BCUT2D eigenvalue weighted by Crippen LogP contribution is 2.23. The fourth-order valence-electron chi connectivity index (χ4n) is 2.51. The minimum absolute atomic E-state index is 0.408. The van der Waals surface area contributed by atoms with Crippen molar-refractivity contribution in [2.75, 3.05) is 12.4 Å². The molecule has 0 saturated heterocycles. The molecule has 0 atom stereocenters. The van der Waals surface area contributed by atoms with E-state index in [-0.39, 0.29) is 0 Å². The van der Waals surface area contributed by atoms with Crippen LogP contribution in [0, 0.1) is 0 Å². The Balaban J connectivity index is 1.71. The van der Waals surface area contributed by atoms with Crippen molar-refractivity contribution in [2.45, 2.75) is 6.92 Å². The van der Waals surface area contributed by atoms with Crippen LogP contribution in [0.2, 0.25) is 10.0 Å². The minimum atomic E-state index is -0.738. The van der Waals surface area contributed by atoms with Gasteiger partial charge >= 0.3 is 6.09 Å². The Labute approximate surface area is 166 Å². The Kier molecular flexibility index (Phi) is 5.84. The topological polar surface area (TPSA) is 59.9 Å². The van der Waals surface area contributed by atoms with Gasteiger partial charge in [-0.3, -0.25) is 10.2 Å². The van der Waals surface area contributed by atoms with Crippen molar-refractivity contribution in [1.82, 2.24) is 0 Å². The molecule has 5 nitrogen and oxygen atoms in total. The van der Waals surface area contributed by atoms with Crippen LogP contribution in [-0.2, 0) is 4.84 Å². The van der Waals surface area contributed by atoms with Crippen LogP contribution in [0.25, 0.3) is 10.8 Å². The molecule has 3 rings (SSSR count). The second-order valence-corrected chi connectivity index (χ2v) is 6.64. The zero-order valence-corrected chi connectivity index (χ0v) is 16.1. The van der Waals surface area contributed by atoms with Crippen LogP contribution in [0.1, 0.15) is 12.5 Å². The summed E-state index contributed by atoms with van der Waals surface area (Å²) in [6, 6.07) is 16.3. The number of carbonyl (C=O) groups excluding carboxylic acids is 1. The molecule has 138 valence electrons. The molecule has 7 heteroatoms. The Bertz CT molecular complexity index is 1010. The van der Waals surface area contributed by atoms with E-state index >= 15 is 0 Å². The third-order valence-electron chi connectivity index (χ3n) is 3.84. The van der Waals surface area contributed by atoms with Crippen LogP contribution >= 0.6 is 23.2 Å². The van der Waals surface area contributed by atoms with Crippen molar-refractivity contribution in [3.8, 4) is 5.75 Å². The first kappa shape index (κ1) is 19.0. The molecule has 3 aromatic rings. The summed E-state index contributed by atoms with van der Waals surface area (Å²) in [7, 11) is 1.63. The van der Waals surface area contributed by atoms with Gasteiger partial charge in [-0.15, -0.1) is 0 Å². The van der Waals surface area contributed by atoms with Crippen LogP contribution in [0.5, 0.6) is 5.75 Å². The molecule has 0 aliphatic rings. The SMILES string of the molecule is COc1ccc2cc(/C(C)=N/OC(=O)Nc3cc(Cl)cc(Cl)c3)ccc2c1. The first-order valence-electron chi connectivity index (χ1n) is 8.01. The third-order valence-corrected chi connectivity index (χ3v) is 4.28. The molecule has 3 aromatic carbocycles. The highest BCUT2D eigenvalue weighted by Gasteiger charge is 2.07. The largest absolute Gasteiger partial charge is 0.497 e. The van der Waals surface area contributed by atoms with Gasteiger partial charge in [0.05, 0.1) is 12.8 Å². The average molecular weight is 403 g/mol. The van der Waals surface area contributed by atoms with Crippen molar-refractivity contribution < 1.29 is 14.4 Å². The molecule has 1 N–H and O–H groups in total. The van der Waals surface area contributed by atoms with E-state index in [9.17, 15) is 4.79 Å². The lowest BCUT2D eigenvalue weighted by Crippen LogP contribution is -2.12. The molecule has 0 saturated carbocycles. The quantitative estimate of drug-likeness (QED) is 0.324. The molecule has 0 bridgehead atoms. The van der Waals surface area contributed by atoms with Crippen molar-refractivity contribution >= 4 is 51.5 Å². The number of hydrogen-bond acceptors (Lipinski definition) is 4. The van der Waals surface area contributed by atoms with Crippen LogP contribution < -0.4 is 10.1 Å². The summed E-state index contributed by atoms with van der Waals surface area (Å²) < 4.78 is 5.22. The van der Waals surface area contributed by atoms with Gasteiger partial charge in [0, 0.05) is 15.7 Å². The Morgan fingerprint density at radius 1 is 0.963 bits per heavy atom. The lowest BCUT2D eigenvalue weighted by atomic mass is 10.0. The molecule has 0 fully saturated rings. The number of nitrogens with zero attached hydrogens (tertiary/aromatic N) is 1. The normalized spacial score (nSPS) is 11.3. The number of rotatable bonds is 4. The van der Waals surface area contributed by atoms with Gasteiger partial charge in [0.25, 0.3) is 0 Å². The zero-order valence-electron chi connectivity index (χ0n) is 14.6. The highest BCUT2D eigenvalue weighted by molar-refractivity contribution is 6.35. The predicted molar refractivity (Wildman–Crippen MR) is 109 cm³/mol. The number of amides is 1. The number of oxime groups is 1. The molecule has 0 aromatic heterocycles. The number of anilines is 1. The lowest BCUT2D eigenvalue weighted by Gasteiger charge is -2.06. The van der Waals surface area contributed by atoms with Crippen molar-refractivity contribution in [2.24, 2.45) is 5.16 Å². The van der Waals surface area contributed by atoms with Gasteiger partial charge in [-0.1, -0.05) is 46.6 Å². The Hall–Kier alpha value is -2.76. The Morgan fingerprint density at radius 2 is 1.63 bits per heavy atom. The number of carbonyl (C=O) groups is 1. The van der Waals surface area contributed by atoms with Gasteiger partial charge in [-0.25, -0.2) is 4.79 Å².